The number of hydrogen-bond acceptors (Lipinski definition) is 2. The van der Waals surface area contributed by atoms with E-state index in [1.54, 1.807) is 0 Å². The number of hydrogen-bond donors (Lipinski definition) is 0. The molecule has 0 aliphatic heterocycles. The lowest BCUT2D eigenvalue weighted by molar-refractivity contribution is 1.20. The van der Waals surface area contributed by atoms with Crippen LogP contribution in [0.25, 0.3) is 33.0 Å². The van der Waals surface area contributed by atoms with E-state index in [4.69, 9.17) is 0 Å². The molecule has 0 atom stereocenters. The van der Waals surface area contributed by atoms with Gasteiger partial charge in [0.15, 0.2) is 0 Å². The molecular formula is C42H34N2. The zero-order valence-corrected chi connectivity index (χ0v) is 25.1. The summed E-state index contributed by atoms with van der Waals surface area (Å²) in [6.07, 6.45) is 0. The Bertz CT molecular complexity index is 2030. The van der Waals surface area contributed by atoms with E-state index in [2.05, 4.69) is 194 Å². The molecule has 0 saturated heterocycles. The first-order chi connectivity index (χ1) is 21.6. The second-order valence-corrected chi connectivity index (χ2v) is 11.3. The summed E-state index contributed by atoms with van der Waals surface area (Å²) in [7, 11) is 2.12. The van der Waals surface area contributed by atoms with E-state index in [0.717, 1.165) is 22.7 Å². The molecule has 0 radical (unpaired) electrons. The molecule has 212 valence electrons. The summed E-state index contributed by atoms with van der Waals surface area (Å²) in [5.41, 5.74) is 11.8. The van der Waals surface area contributed by atoms with Crippen LogP contribution in [0.2, 0.25) is 0 Å². The molecule has 2 nitrogen and oxygen atoms in total. The molecule has 0 N–H and O–H groups in total. The van der Waals surface area contributed by atoms with Crippen molar-refractivity contribution >= 4 is 39.2 Å². The van der Waals surface area contributed by atoms with E-state index in [0.29, 0.717) is 0 Å². The van der Waals surface area contributed by atoms with Crippen molar-refractivity contribution in [3.8, 4) is 22.3 Å². The van der Waals surface area contributed by atoms with E-state index in [-0.39, 0.29) is 0 Å². The first-order valence-corrected chi connectivity index (χ1v) is 15.1. The van der Waals surface area contributed by atoms with Crippen LogP contribution in [-0.4, -0.2) is 7.05 Å². The van der Waals surface area contributed by atoms with E-state index in [1.807, 2.05) is 0 Å². The standard InChI is InChI=1S/C42H34N2/c1-31-10-8-16-40(28-31)43(2)38-23-18-34(19-24-38)35-20-25-39(26-21-35)44(42-27-22-33-13-6-7-14-36(33)30-42)41-17-9-15-37(29-41)32-11-4-3-5-12-32/h3-30H,1-2H3. The van der Waals surface area contributed by atoms with Gasteiger partial charge in [-0.15, -0.1) is 0 Å². The van der Waals surface area contributed by atoms with Crippen LogP contribution in [0.4, 0.5) is 28.4 Å². The van der Waals surface area contributed by atoms with Crippen LogP contribution in [0.15, 0.2) is 170 Å². The van der Waals surface area contributed by atoms with Gasteiger partial charge in [-0.2, -0.15) is 0 Å². The van der Waals surface area contributed by atoms with Gasteiger partial charge in [-0.05, 0) is 106 Å². The number of rotatable bonds is 7. The van der Waals surface area contributed by atoms with Crippen LogP contribution in [0.5, 0.6) is 0 Å². The fraction of sp³-hybridized carbons (Fsp3) is 0.0476. The molecule has 0 amide bonds. The second-order valence-electron chi connectivity index (χ2n) is 11.3. The Morgan fingerprint density at radius 3 is 1.61 bits per heavy atom. The third-order valence-electron chi connectivity index (χ3n) is 8.31. The van der Waals surface area contributed by atoms with Gasteiger partial charge in [-0.1, -0.05) is 109 Å². The Balaban J connectivity index is 1.23. The van der Waals surface area contributed by atoms with Gasteiger partial charge in [0.25, 0.3) is 0 Å². The minimum Gasteiger partial charge on any atom is -0.345 e. The average molecular weight is 567 g/mol. The lowest BCUT2D eigenvalue weighted by Gasteiger charge is -2.26. The smallest absolute Gasteiger partial charge is 0.0468 e. The summed E-state index contributed by atoms with van der Waals surface area (Å²) in [5, 5.41) is 2.46. The lowest BCUT2D eigenvalue weighted by atomic mass is 10.0. The summed E-state index contributed by atoms with van der Waals surface area (Å²) in [4.78, 5) is 4.58. The molecular weight excluding hydrogens is 532 g/mol. The van der Waals surface area contributed by atoms with Gasteiger partial charge in [0, 0.05) is 35.5 Å². The highest BCUT2D eigenvalue weighted by molar-refractivity contribution is 5.90. The number of nitrogens with zero attached hydrogens (tertiary/aromatic N) is 2. The predicted molar refractivity (Wildman–Crippen MR) is 189 cm³/mol. The molecule has 0 bridgehead atoms. The second kappa shape index (κ2) is 11.9. The Labute approximate surface area is 260 Å². The minimum atomic E-state index is 1.12. The Morgan fingerprint density at radius 2 is 0.886 bits per heavy atom. The van der Waals surface area contributed by atoms with Crippen LogP contribution in [0.1, 0.15) is 5.56 Å². The van der Waals surface area contributed by atoms with Gasteiger partial charge in [-0.3, -0.25) is 0 Å². The molecule has 7 aromatic carbocycles. The maximum atomic E-state index is 2.35. The van der Waals surface area contributed by atoms with Crippen LogP contribution in [0.3, 0.4) is 0 Å². The molecule has 44 heavy (non-hydrogen) atoms. The van der Waals surface area contributed by atoms with Gasteiger partial charge < -0.3 is 9.80 Å². The summed E-state index contributed by atoms with van der Waals surface area (Å²) >= 11 is 0. The molecule has 0 unspecified atom stereocenters. The highest BCUT2D eigenvalue weighted by Gasteiger charge is 2.15. The molecule has 0 fully saturated rings. The predicted octanol–water partition coefficient (Wildman–Crippen LogP) is 11.7. The SMILES string of the molecule is Cc1cccc(N(C)c2ccc(-c3ccc(N(c4cccc(-c5ccccc5)c4)c4ccc5ccccc5c4)cc3)cc2)c1. The molecule has 0 aliphatic carbocycles. The molecule has 7 rings (SSSR count). The zero-order valence-electron chi connectivity index (χ0n) is 25.1. The number of benzene rings is 7. The topological polar surface area (TPSA) is 6.48 Å². The number of fused-ring (bicyclic) bond motifs is 1. The van der Waals surface area contributed by atoms with Crippen molar-refractivity contribution in [2.24, 2.45) is 0 Å². The van der Waals surface area contributed by atoms with Crippen molar-refractivity contribution in [1.82, 2.24) is 0 Å². The Morgan fingerprint density at radius 1 is 0.341 bits per heavy atom. The fourth-order valence-corrected chi connectivity index (χ4v) is 5.88. The van der Waals surface area contributed by atoms with Crippen LogP contribution in [0, 0.1) is 6.92 Å². The molecule has 7 aromatic rings. The fourth-order valence-electron chi connectivity index (χ4n) is 5.88. The lowest BCUT2D eigenvalue weighted by Crippen LogP contribution is -2.10. The number of aryl methyl sites for hydroxylation is 1. The molecule has 0 spiro atoms. The third-order valence-corrected chi connectivity index (χ3v) is 8.31. The summed E-state index contributed by atoms with van der Waals surface area (Å²) < 4.78 is 0. The van der Waals surface area contributed by atoms with Crippen LogP contribution < -0.4 is 9.80 Å². The van der Waals surface area contributed by atoms with Gasteiger partial charge >= 0.3 is 0 Å². The third kappa shape index (κ3) is 5.58. The molecule has 2 heteroatoms. The monoisotopic (exact) mass is 566 g/mol. The minimum absolute atomic E-state index is 1.12. The normalized spacial score (nSPS) is 11.0. The molecule has 0 aliphatic rings. The van der Waals surface area contributed by atoms with Gasteiger partial charge in [0.2, 0.25) is 0 Å². The van der Waals surface area contributed by atoms with Gasteiger partial charge in [0.1, 0.15) is 0 Å². The van der Waals surface area contributed by atoms with Crippen molar-refractivity contribution in [2.45, 2.75) is 6.92 Å². The van der Waals surface area contributed by atoms with Crippen molar-refractivity contribution in [3.63, 3.8) is 0 Å². The van der Waals surface area contributed by atoms with Crippen molar-refractivity contribution in [2.75, 3.05) is 16.8 Å². The average Bonchev–Trinajstić information content (AvgIpc) is 3.09. The first-order valence-electron chi connectivity index (χ1n) is 15.1. The van der Waals surface area contributed by atoms with E-state index in [1.165, 1.54) is 44.3 Å². The maximum Gasteiger partial charge on any atom is 0.0468 e. The first kappa shape index (κ1) is 27.2. The molecule has 0 heterocycles. The van der Waals surface area contributed by atoms with E-state index >= 15 is 0 Å². The zero-order chi connectivity index (χ0) is 29.9. The van der Waals surface area contributed by atoms with Crippen molar-refractivity contribution in [1.29, 1.82) is 0 Å². The van der Waals surface area contributed by atoms with Crippen molar-refractivity contribution < 1.29 is 0 Å². The summed E-state index contributed by atoms with van der Waals surface area (Å²) in [5.74, 6) is 0. The largest absolute Gasteiger partial charge is 0.345 e. The van der Waals surface area contributed by atoms with E-state index in [9.17, 15) is 0 Å². The van der Waals surface area contributed by atoms with Crippen molar-refractivity contribution in [3.05, 3.63) is 175 Å². The summed E-state index contributed by atoms with van der Waals surface area (Å²) in [6.45, 7) is 2.13. The van der Waals surface area contributed by atoms with Gasteiger partial charge in [-0.25, -0.2) is 0 Å². The Kier molecular flexibility index (Phi) is 7.40. The van der Waals surface area contributed by atoms with Crippen LogP contribution in [-0.2, 0) is 0 Å². The summed E-state index contributed by atoms with van der Waals surface area (Å²) in [6, 6.07) is 60.9. The molecule has 0 aromatic heterocycles. The molecule has 0 saturated carbocycles. The van der Waals surface area contributed by atoms with Crippen LogP contribution >= 0.6 is 0 Å². The quantitative estimate of drug-likeness (QED) is 0.189. The number of anilines is 5. The Hall–Kier alpha value is -5.60. The van der Waals surface area contributed by atoms with Gasteiger partial charge in [0.05, 0.1) is 0 Å². The highest BCUT2D eigenvalue weighted by Crippen LogP contribution is 2.39. The van der Waals surface area contributed by atoms with E-state index < -0.39 is 0 Å². The highest BCUT2D eigenvalue weighted by atomic mass is 15.1. The maximum absolute atomic E-state index is 2.35.